The Morgan fingerprint density at radius 1 is 1.22 bits per heavy atom. The first kappa shape index (κ1) is 18.3. The number of aryl methyl sites for hydroxylation is 2. The van der Waals surface area contributed by atoms with Crippen molar-refractivity contribution in [2.75, 3.05) is 6.61 Å². The summed E-state index contributed by atoms with van der Waals surface area (Å²) in [4.78, 5) is 34.3. The van der Waals surface area contributed by atoms with Crippen molar-refractivity contribution in [3.05, 3.63) is 79.7 Å². The third kappa shape index (κ3) is 3.72. The van der Waals surface area contributed by atoms with Crippen molar-refractivity contribution in [2.24, 2.45) is 0 Å². The predicted molar refractivity (Wildman–Crippen MR) is 99.5 cm³/mol. The van der Waals surface area contributed by atoms with E-state index in [1.165, 1.54) is 30.3 Å². The third-order valence-electron chi connectivity index (χ3n) is 4.32. The summed E-state index contributed by atoms with van der Waals surface area (Å²) in [7, 11) is 0. The average molecular weight is 367 g/mol. The van der Waals surface area contributed by atoms with Crippen LogP contribution in [0.15, 0.2) is 51.7 Å². The Morgan fingerprint density at radius 3 is 2.70 bits per heavy atom. The minimum atomic E-state index is -0.557. The van der Waals surface area contributed by atoms with E-state index in [-0.39, 0.29) is 23.6 Å². The fourth-order valence-corrected chi connectivity index (χ4v) is 2.88. The van der Waals surface area contributed by atoms with Crippen molar-refractivity contribution in [2.45, 2.75) is 20.3 Å². The molecule has 0 amide bonds. The van der Waals surface area contributed by atoms with Crippen LogP contribution in [0.1, 0.15) is 28.4 Å². The van der Waals surface area contributed by atoms with Gasteiger partial charge in [0, 0.05) is 34.7 Å². The zero-order valence-electron chi connectivity index (χ0n) is 14.9. The van der Waals surface area contributed by atoms with Crippen LogP contribution in [0, 0.1) is 17.0 Å². The summed E-state index contributed by atoms with van der Waals surface area (Å²) in [6, 6.07) is 10.5. The molecule has 0 aliphatic rings. The first-order valence-electron chi connectivity index (χ1n) is 8.37. The van der Waals surface area contributed by atoms with Crippen LogP contribution in [0.5, 0.6) is 5.75 Å². The Bertz CT molecular complexity index is 1100. The normalized spacial score (nSPS) is 10.7. The molecule has 0 aliphatic heterocycles. The van der Waals surface area contributed by atoms with E-state index in [1.807, 2.05) is 6.92 Å². The van der Waals surface area contributed by atoms with Crippen LogP contribution in [-0.2, 0) is 6.42 Å². The number of fused-ring (bicyclic) bond motifs is 1. The summed E-state index contributed by atoms with van der Waals surface area (Å²) in [6.45, 7) is 3.41. The highest BCUT2D eigenvalue weighted by Crippen LogP contribution is 2.28. The van der Waals surface area contributed by atoms with Gasteiger partial charge >= 0.3 is 5.63 Å². The largest absolute Gasteiger partial charge is 0.485 e. The number of carbonyl (C=O) groups excluding carboxylic acids is 1. The Morgan fingerprint density at radius 2 is 2.00 bits per heavy atom. The molecule has 3 rings (SSSR count). The lowest BCUT2D eigenvalue weighted by atomic mass is 10.0. The number of nitro benzene ring substituents is 1. The second kappa shape index (κ2) is 7.41. The molecule has 1 aromatic heterocycles. The van der Waals surface area contributed by atoms with Gasteiger partial charge in [-0.1, -0.05) is 19.1 Å². The Balaban J connectivity index is 1.86. The predicted octanol–water partition coefficient (Wildman–Crippen LogP) is 3.83. The van der Waals surface area contributed by atoms with E-state index in [1.54, 1.807) is 19.1 Å². The number of carbonyl (C=O) groups is 1. The van der Waals surface area contributed by atoms with Gasteiger partial charge < -0.3 is 9.15 Å². The van der Waals surface area contributed by atoms with Crippen molar-refractivity contribution >= 4 is 22.4 Å². The summed E-state index contributed by atoms with van der Waals surface area (Å²) < 4.78 is 10.9. The van der Waals surface area contributed by atoms with Crippen LogP contribution in [0.25, 0.3) is 11.0 Å². The quantitative estimate of drug-likeness (QED) is 0.284. The molecule has 7 nitrogen and oxygen atoms in total. The lowest BCUT2D eigenvalue weighted by Crippen LogP contribution is -2.12. The van der Waals surface area contributed by atoms with Gasteiger partial charge in [0.1, 0.15) is 11.3 Å². The molecule has 0 bridgehead atoms. The van der Waals surface area contributed by atoms with Crippen LogP contribution in [0.2, 0.25) is 0 Å². The molecule has 2 aromatic carbocycles. The van der Waals surface area contributed by atoms with Crippen molar-refractivity contribution in [3.8, 4) is 5.75 Å². The molecule has 0 fully saturated rings. The van der Waals surface area contributed by atoms with E-state index >= 15 is 0 Å². The maximum Gasteiger partial charge on any atom is 0.336 e. The molecular formula is C20H17NO6. The van der Waals surface area contributed by atoms with Crippen LogP contribution in [0.3, 0.4) is 0 Å². The fourth-order valence-electron chi connectivity index (χ4n) is 2.88. The van der Waals surface area contributed by atoms with Gasteiger partial charge in [-0.15, -0.1) is 0 Å². The SMILES string of the molecule is CCc1cc(=O)oc2c(C)c(OCC(=O)c3cccc([N+](=O)[O-])c3)ccc12. The smallest absolute Gasteiger partial charge is 0.336 e. The summed E-state index contributed by atoms with van der Waals surface area (Å²) in [5.74, 6) is 0.0274. The molecule has 0 spiro atoms. The van der Waals surface area contributed by atoms with Gasteiger partial charge in [0.25, 0.3) is 5.69 Å². The van der Waals surface area contributed by atoms with Crippen LogP contribution >= 0.6 is 0 Å². The molecule has 0 radical (unpaired) electrons. The molecule has 0 saturated heterocycles. The summed E-state index contributed by atoms with van der Waals surface area (Å²) in [5, 5.41) is 11.7. The summed E-state index contributed by atoms with van der Waals surface area (Å²) in [6.07, 6.45) is 0.688. The van der Waals surface area contributed by atoms with E-state index in [9.17, 15) is 19.7 Å². The van der Waals surface area contributed by atoms with Crippen molar-refractivity contribution in [3.63, 3.8) is 0 Å². The number of rotatable bonds is 6. The highest BCUT2D eigenvalue weighted by atomic mass is 16.6. The Hall–Kier alpha value is -3.48. The number of Topliss-reactive ketones (excluding diaryl/α,β-unsaturated/α-hetero) is 1. The molecule has 3 aromatic rings. The third-order valence-corrected chi connectivity index (χ3v) is 4.32. The highest BCUT2D eigenvalue weighted by Gasteiger charge is 2.15. The second-order valence-electron chi connectivity index (χ2n) is 6.03. The Labute approximate surface area is 154 Å². The number of hydrogen-bond donors (Lipinski definition) is 0. The number of ether oxygens (including phenoxy) is 1. The first-order valence-corrected chi connectivity index (χ1v) is 8.37. The zero-order valence-corrected chi connectivity index (χ0v) is 14.9. The van der Waals surface area contributed by atoms with Crippen molar-refractivity contribution in [1.29, 1.82) is 0 Å². The van der Waals surface area contributed by atoms with Gasteiger partial charge in [0.05, 0.1) is 4.92 Å². The fraction of sp³-hybridized carbons (Fsp3) is 0.200. The van der Waals surface area contributed by atoms with Gasteiger partial charge in [-0.25, -0.2) is 4.79 Å². The topological polar surface area (TPSA) is 99.7 Å². The van der Waals surface area contributed by atoms with E-state index in [0.29, 0.717) is 23.3 Å². The van der Waals surface area contributed by atoms with Crippen molar-refractivity contribution in [1.82, 2.24) is 0 Å². The number of nitro groups is 1. The number of nitrogens with zero attached hydrogens (tertiary/aromatic N) is 1. The van der Waals surface area contributed by atoms with Gasteiger partial charge in [-0.2, -0.15) is 0 Å². The first-order chi connectivity index (χ1) is 12.9. The van der Waals surface area contributed by atoms with Gasteiger partial charge in [0.2, 0.25) is 0 Å². The monoisotopic (exact) mass is 367 g/mol. The molecule has 0 atom stereocenters. The molecule has 1 heterocycles. The van der Waals surface area contributed by atoms with Gasteiger partial charge in [0.15, 0.2) is 12.4 Å². The molecule has 0 unspecified atom stereocenters. The zero-order chi connectivity index (χ0) is 19.6. The van der Waals surface area contributed by atoms with Crippen LogP contribution in [0.4, 0.5) is 5.69 Å². The van der Waals surface area contributed by atoms with E-state index in [0.717, 1.165) is 10.9 Å². The molecule has 27 heavy (non-hydrogen) atoms. The van der Waals surface area contributed by atoms with Gasteiger partial charge in [-0.3, -0.25) is 14.9 Å². The standard InChI is InChI=1S/C20H17NO6/c1-3-13-10-19(23)27-20-12(2)18(8-7-16(13)20)26-11-17(22)14-5-4-6-15(9-14)21(24)25/h4-10H,3,11H2,1-2H3. The van der Waals surface area contributed by atoms with Crippen LogP contribution in [-0.4, -0.2) is 17.3 Å². The van der Waals surface area contributed by atoms with E-state index < -0.39 is 10.5 Å². The lowest BCUT2D eigenvalue weighted by molar-refractivity contribution is -0.384. The average Bonchev–Trinajstić information content (AvgIpc) is 2.67. The minimum Gasteiger partial charge on any atom is -0.485 e. The number of hydrogen-bond acceptors (Lipinski definition) is 6. The van der Waals surface area contributed by atoms with Crippen LogP contribution < -0.4 is 10.4 Å². The van der Waals surface area contributed by atoms with E-state index in [2.05, 4.69) is 0 Å². The lowest BCUT2D eigenvalue weighted by Gasteiger charge is -2.11. The molecule has 138 valence electrons. The van der Waals surface area contributed by atoms with Crippen molar-refractivity contribution < 1.29 is 18.9 Å². The maximum atomic E-state index is 12.3. The number of ketones is 1. The molecule has 0 aliphatic carbocycles. The number of benzene rings is 2. The van der Waals surface area contributed by atoms with Gasteiger partial charge in [-0.05, 0) is 31.0 Å². The molecule has 0 saturated carbocycles. The maximum absolute atomic E-state index is 12.3. The minimum absolute atomic E-state index is 0.156. The van der Waals surface area contributed by atoms with E-state index in [4.69, 9.17) is 9.15 Å². The summed E-state index contributed by atoms with van der Waals surface area (Å²) in [5.41, 5.74) is 1.53. The molecular weight excluding hydrogens is 350 g/mol. The second-order valence-corrected chi connectivity index (χ2v) is 6.03. The molecule has 0 N–H and O–H groups in total. The Kier molecular flexibility index (Phi) is 5.03. The summed E-state index contributed by atoms with van der Waals surface area (Å²) >= 11 is 0. The number of non-ortho nitro benzene ring substituents is 1. The molecule has 7 heteroatoms. The highest BCUT2D eigenvalue weighted by molar-refractivity contribution is 5.97.